The first-order valence-corrected chi connectivity index (χ1v) is 8.47. The van der Waals surface area contributed by atoms with Crippen molar-refractivity contribution in [2.45, 2.75) is 18.1 Å². The summed E-state index contributed by atoms with van der Waals surface area (Å²) < 4.78 is 26.6. The Balaban J connectivity index is 2.04. The maximum absolute atomic E-state index is 12.0. The van der Waals surface area contributed by atoms with Crippen LogP contribution in [0.5, 0.6) is 0 Å². The Morgan fingerprint density at radius 1 is 1.20 bits per heavy atom. The van der Waals surface area contributed by atoms with E-state index in [2.05, 4.69) is 34.1 Å². The Morgan fingerprint density at radius 2 is 1.90 bits per heavy atom. The number of nitrogens with zero attached hydrogens (tertiary/aromatic N) is 2. The summed E-state index contributed by atoms with van der Waals surface area (Å²) in [6.45, 7) is 4.96. The molecule has 2 rings (SSSR count). The van der Waals surface area contributed by atoms with E-state index in [9.17, 15) is 8.42 Å². The van der Waals surface area contributed by atoms with Crippen LogP contribution in [0.25, 0.3) is 0 Å². The first kappa shape index (κ1) is 14.7. The Bertz CT molecular complexity index is 637. The summed E-state index contributed by atoms with van der Waals surface area (Å²) in [6.07, 6.45) is 0. The lowest BCUT2D eigenvalue weighted by atomic mass is 10.2. The van der Waals surface area contributed by atoms with Crippen LogP contribution in [0.3, 0.4) is 0 Å². The molecular formula is C12H16N4O2S2. The van der Waals surface area contributed by atoms with E-state index in [0.717, 1.165) is 17.9 Å². The maximum Gasteiger partial charge on any atom is 0.272 e. The summed E-state index contributed by atoms with van der Waals surface area (Å²) >= 11 is 1.15. The van der Waals surface area contributed by atoms with Crippen LogP contribution in [-0.4, -0.2) is 25.2 Å². The van der Waals surface area contributed by atoms with Gasteiger partial charge in [0, 0.05) is 6.54 Å². The molecule has 2 heterocycles. The van der Waals surface area contributed by atoms with Gasteiger partial charge in [-0.3, -0.25) is 4.72 Å². The molecular weight excluding hydrogens is 296 g/mol. The molecule has 0 amide bonds. The lowest BCUT2D eigenvalue weighted by Crippen LogP contribution is -2.14. The van der Waals surface area contributed by atoms with Crippen molar-refractivity contribution in [2.24, 2.45) is 5.92 Å². The quantitative estimate of drug-likeness (QED) is 0.855. The second kappa shape index (κ2) is 6.19. The number of hydrogen-bond donors (Lipinski definition) is 2. The Kier molecular flexibility index (Phi) is 4.56. The van der Waals surface area contributed by atoms with E-state index in [1.165, 1.54) is 0 Å². The van der Waals surface area contributed by atoms with Crippen molar-refractivity contribution in [2.75, 3.05) is 16.6 Å². The molecule has 6 nitrogen and oxygen atoms in total. The van der Waals surface area contributed by atoms with E-state index in [-0.39, 0.29) is 10.0 Å². The number of nitrogens with one attached hydrogen (secondary N) is 2. The van der Waals surface area contributed by atoms with Crippen LogP contribution in [0.15, 0.2) is 33.9 Å². The SMILES string of the molecule is CC(C)CNc1ccc(NS(=O)(=O)c2cccs2)nn1. The molecule has 108 valence electrons. The van der Waals surface area contributed by atoms with Crippen molar-refractivity contribution in [1.29, 1.82) is 0 Å². The zero-order valence-corrected chi connectivity index (χ0v) is 12.8. The predicted octanol–water partition coefficient (Wildman–Crippen LogP) is 2.41. The van der Waals surface area contributed by atoms with Gasteiger partial charge in [-0.2, -0.15) is 0 Å². The monoisotopic (exact) mass is 312 g/mol. The number of aromatic nitrogens is 2. The van der Waals surface area contributed by atoms with Crippen LogP contribution in [0.2, 0.25) is 0 Å². The van der Waals surface area contributed by atoms with Gasteiger partial charge >= 0.3 is 0 Å². The highest BCUT2D eigenvalue weighted by Gasteiger charge is 2.15. The zero-order chi connectivity index (χ0) is 14.6. The molecule has 0 atom stereocenters. The van der Waals surface area contributed by atoms with E-state index in [1.54, 1.807) is 29.6 Å². The molecule has 0 bridgehead atoms. The van der Waals surface area contributed by atoms with Gasteiger partial charge in [0.15, 0.2) is 5.82 Å². The fourth-order valence-electron chi connectivity index (χ4n) is 1.39. The highest BCUT2D eigenvalue weighted by molar-refractivity contribution is 7.94. The molecule has 0 aliphatic carbocycles. The Labute approximate surface area is 122 Å². The molecule has 0 radical (unpaired) electrons. The minimum absolute atomic E-state index is 0.202. The van der Waals surface area contributed by atoms with Crippen LogP contribution in [0, 0.1) is 5.92 Å². The van der Waals surface area contributed by atoms with Gasteiger partial charge < -0.3 is 5.32 Å². The van der Waals surface area contributed by atoms with Crippen molar-refractivity contribution in [3.05, 3.63) is 29.6 Å². The molecule has 8 heteroatoms. The largest absolute Gasteiger partial charge is 0.368 e. The number of hydrogen-bond acceptors (Lipinski definition) is 6. The fraction of sp³-hybridized carbons (Fsp3) is 0.333. The third-order valence-electron chi connectivity index (χ3n) is 2.35. The van der Waals surface area contributed by atoms with E-state index >= 15 is 0 Å². The average Bonchev–Trinajstić information content (AvgIpc) is 2.92. The van der Waals surface area contributed by atoms with E-state index in [1.807, 2.05) is 0 Å². The first-order valence-electron chi connectivity index (χ1n) is 6.11. The van der Waals surface area contributed by atoms with Gasteiger partial charge in [-0.15, -0.1) is 21.5 Å². The van der Waals surface area contributed by atoms with Gasteiger partial charge in [-0.25, -0.2) is 8.42 Å². The summed E-state index contributed by atoms with van der Waals surface area (Å²) in [6, 6.07) is 6.51. The van der Waals surface area contributed by atoms with E-state index in [4.69, 9.17) is 0 Å². The summed E-state index contributed by atoms with van der Waals surface area (Å²) in [5, 5.41) is 12.6. The topological polar surface area (TPSA) is 84.0 Å². The van der Waals surface area contributed by atoms with Crippen molar-refractivity contribution < 1.29 is 8.42 Å². The molecule has 2 N–H and O–H groups in total. The summed E-state index contributed by atoms with van der Waals surface area (Å²) in [5.74, 6) is 1.32. The lowest BCUT2D eigenvalue weighted by molar-refractivity contribution is 0.603. The molecule has 0 aliphatic heterocycles. The second-order valence-electron chi connectivity index (χ2n) is 4.62. The van der Waals surface area contributed by atoms with Crippen molar-refractivity contribution >= 4 is 33.0 Å². The second-order valence-corrected chi connectivity index (χ2v) is 7.47. The summed E-state index contributed by atoms with van der Waals surface area (Å²) in [4.78, 5) is 0. The first-order chi connectivity index (χ1) is 9.47. The Morgan fingerprint density at radius 3 is 2.45 bits per heavy atom. The Hall–Kier alpha value is -1.67. The highest BCUT2D eigenvalue weighted by atomic mass is 32.2. The van der Waals surface area contributed by atoms with Gasteiger partial charge in [0.2, 0.25) is 0 Å². The molecule has 0 saturated heterocycles. The zero-order valence-electron chi connectivity index (χ0n) is 11.2. The molecule has 2 aromatic heterocycles. The molecule has 0 unspecified atom stereocenters. The fourth-order valence-corrected chi connectivity index (χ4v) is 3.38. The molecule has 0 saturated carbocycles. The van der Waals surface area contributed by atoms with Gasteiger partial charge in [0.05, 0.1) is 0 Å². The van der Waals surface area contributed by atoms with Crippen molar-refractivity contribution in [3.8, 4) is 0 Å². The van der Waals surface area contributed by atoms with Gasteiger partial charge in [0.25, 0.3) is 10.0 Å². The molecule has 2 aromatic rings. The van der Waals surface area contributed by atoms with Crippen LogP contribution in [0.1, 0.15) is 13.8 Å². The molecule has 0 aromatic carbocycles. The van der Waals surface area contributed by atoms with E-state index < -0.39 is 10.0 Å². The van der Waals surface area contributed by atoms with E-state index in [0.29, 0.717) is 11.7 Å². The van der Waals surface area contributed by atoms with Crippen LogP contribution in [0.4, 0.5) is 11.6 Å². The number of rotatable bonds is 6. The van der Waals surface area contributed by atoms with Crippen LogP contribution < -0.4 is 10.0 Å². The van der Waals surface area contributed by atoms with Gasteiger partial charge in [-0.1, -0.05) is 19.9 Å². The minimum Gasteiger partial charge on any atom is -0.368 e. The maximum atomic E-state index is 12.0. The number of sulfonamides is 1. The smallest absolute Gasteiger partial charge is 0.272 e. The molecule has 0 fully saturated rings. The lowest BCUT2D eigenvalue weighted by Gasteiger charge is -2.08. The van der Waals surface area contributed by atoms with Gasteiger partial charge in [0.1, 0.15) is 10.0 Å². The van der Waals surface area contributed by atoms with Gasteiger partial charge in [-0.05, 0) is 29.5 Å². The predicted molar refractivity (Wildman–Crippen MR) is 80.5 cm³/mol. The number of anilines is 2. The molecule has 0 aliphatic rings. The van der Waals surface area contributed by atoms with Crippen molar-refractivity contribution in [3.63, 3.8) is 0 Å². The standard InChI is InChI=1S/C12H16N4O2S2/c1-9(2)8-13-10-5-6-11(15-14-10)16-20(17,18)12-4-3-7-19-12/h3-7,9H,8H2,1-2H3,(H,13,14)(H,15,16). The molecule has 0 spiro atoms. The average molecular weight is 312 g/mol. The summed E-state index contributed by atoms with van der Waals surface area (Å²) in [5.41, 5.74) is 0. The normalized spacial score (nSPS) is 11.6. The summed E-state index contributed by atoms with van der Waals surface area (Å²) in [7, 11) is -3.56. The van der Waals surface area contributed by atoms with Crippen LogP contribution in [-0.2, 0) is 10.0 Å². The van der Waals surface area contributed by atoms with Crippen LogP contribution >= 0.6 is 11.3 Å². The highest BCUT2D eigenvalue weighted by Crippen LogP contribution is 2.19. The third kappa shape index (κ3) is 3.91. The van der Waals surface area contributed by atoms with Crippen molar-refractivity contribution in [1.82, 2.24) is 10.2 Å². The minimum atomic E-state index is -3.56. The third-order valence-corrected chi connectivity index (χ3v) is 5.11. The number of thiophene rings is 1. The molecule has 20 heavy (non-hydrogen) atoms.